The number of hydrogen-bond acceptors (Lipinski definition) is 4. The van der Waals surface area contributed by atoms with E-state index in [-0.39, 0.29) is 5.91 Å². The van der Waals surface area contributed by atoms with Gasteiger partial charge in [0.1, 0.15) is 5.75 Å². The normalized spacial score (nSPS) is 17.4. The molecule has 0 aliphatic carbocycles. The number of carbonyl (C=O) groups is 1. The summed E-state index contributed by atoms with van der Waals surface area (Å²) in [5.74, 6) is 0.523. The van der Waals surface area contributed by atoms with Crippen molar-refractivity contribution >= 4 is 17.3 Å². The summed E-state index contributed by atoms with van der Waals surface area (Å²) in [7, 11) is 0. The Morgan fingerprint density at radius 1 is 1.59 bits per heavy atom. The third-order valence-corrected chi connectivity index (χ3v) is 2.48. The van der Waals surface area contributed by atoms with Crippen molar-refractivity contribution in [2.24, 2.45) is 0 Å². The molecule has 2 N–H and O–H groups in total. The average Bonchev–Trinajstić information content (AvgIpc) is 2.31. The Morgan fingerprint density at radius 3 is 3.18 bits per heavy atom. The van der Waals surface area contributed by atoms with Crippen LogP contribution < -0.4 is 15.4 Å². The first-order valence-corrected chi connectivity index (χ1v) is 5.43. The van der Waals surface area contributed by atoms with Crippen LogP contribution in [0, 0.1) is 11.3 Å². The first-order valence-electron chi connectivity index (χ1n) is 5.43. The summed E-state index contributed by atoms with van der Waals surface area (Å²) >= 11 is 0. The van der Waals surface area contributed by atoms with Crippen molar-refractivity contribution in [2.45, 2.75) is 19.4 Å². The van der Waals surface area contributed by atoms with E-state index in [0.717, 1.165) is 5.69 Å². The van der Waals surface area contributed by atoms with Crippen LogP contribution in [0.2, 0.25) is 0 Å². The summed E-state index contributed by atoms with van der Waals surface area (Å²) in [6.45, 7) is 2.29. The van der Waals surface area contributed by atoms with Crippen LogP contribution in [0.5, 0.6) is 5.75 Å². The van der Waals surface area contributed by atoms with Gasteiger partial charge in [0.25, 0.3) is 5.91 Å². The monoisotopic (exact) mass is 231 g/mol. The number of hydrogen-bond donors (Lipinski definition) is 2. The van der Waals surface area contributed by atoms with E-state index in [4.69, 9.17) is 10.00 Å². The van der Waals surface area contributed by atoms with E-state index >= 15 is 0 Å². The van der Waals surface area contributed by atoms with Crippen LogP contribution in [-0.2, 0) is 4.79 Å². The molecule has 1 unspecified atom stereocenters. The Kier molecular flexibility index (Phi) is 3.15. The standard InChI is InChI=1S/C12H13N3O2/c1-8-12(16)15-10-7-9(14-6-2-5-13)3-4-11(10)17-8/h3-4,7-8,14H,2,6H2,1H3,(H,15,16). The van der Waals surface area contributed by atoms with Crippen LogP contribution in [0.4, 0.5) is 11.4 Å². The number of anilines is 2. The number of fused-ring (bicyclic) bond motifs is 1. The van der Waals surface area contributed by atoms with E-state index in [1.165, 1.54) is 0 Å². The van der Waals surface area contributed by atoms with Crippen molar-refractivity contribution in [3.8, 4) is 11.8 Å². The number of nitrogens with one attached hydrogen (secondary N) is 2. The minimum Gasteiger partial charge on any atom is -0.479 e. The van der Waals surface area contributed by atoms with Gasteiger partial charge in [-0.2, -0.15) is 5.26 Å². The van der Waals surface area contributed by atoms with Gasteiger partial charge in [-0.1, -0.05) is 0 Å². The highest BCUT2D eigenvalue weighted by Crippen LogP contribution is 2.31. The molecular weight excluding hydrogens is 218 g/mol. The minimum atomic E-state index is -0.458. The Hall–Kier alpha value is -2.22. The van der Waals surface area contributed by atoms with Crippen molar-refractivity contribution in [1.29, 1.82) is 5.26 Å². The van der Waals surface area contributed by atoms with Crippen molar-refractivity contribution in [3.05, 3.63) is 18.2 Å². The summed E-state index contributed by atoms with van der Waals surface area (Å²) in [6.07, 6.45) is -0.0170. The Balaban J connectivity index is 2.12. The molecule has 0 saturated heterocycles. The van der Waals surface area contributed by atoms with E-state index in [1.807, 2.05) is 6.07 Å². The number of carbonyl (C=O) groups excluding carboxylic acids is 1. The molecule has 1 heterocycles. The molecule has 0 aromatic heterocycles. The van der Waals surface area contributed by atoms with Crippen LogP contribution in [0.25, 0.3) is 0 Å². The lowest BCUT2D eigenvalue weighted by atomic mass is 10.2. The van der Waals surface area contributed by atoms with Gasteiger partial charge in [-0.25, -0.2) is 0 Å². The molecule has 1 aliphatic rings. The predicted octanol–water partition coefficient (Wildman–Crippen LogP) is 1.73. The van der Waals surface area contributed by atoms with Crippen LogP contribution >= 0.6 is 0 Å². The fraction of sp³-hybridized carbons (Fsp3) is 0.333. The van der Waals surface area contributed by atoms with Crippen LogP contribution in [0.1, 0.15) is 13.3 Å². The molecule has 5 heteroatoms. The van der Waals surface area contributed by atoms with Crippen molar-refractivity contribution in [1.82, 2.24) is 0 Å². The molecule has 1 atom stereocenters. The highest BCUT2D eigenvalue weighted by atomic mass is 16.5. The second-order valence-electron chi connectivity index (χ2n) is 3.80. The van der Waals surface area contributed by atoms with Gasteiger partial charge in [-0.05, 0) is 25.1 Å². The molecule has 0 radical (unpaired) electrons. The Morgan fingerprint density at radius 2 is 2.41 bits per heavy atom. The van der Waals surface area contributed by atoms with E-state index in [9.17, 15) is 4.79 Å². The molecule has 17 heavy (non-hydrogen) atoms. The number of ether oxygens (including phenoxy) is 1. The van der Waals surface area contributed by atoms with Crippen molar-refractivity contribution in [2.75, 3.05) is 17.2 Å². The topological polar surface area (TPSA) is 74.2 Å². The third kappa shape index (κ3) is 2.48. The largest absolute Gasteiger partial charge is 0.479 e. The van der Waals surface area contributed by atoms with Crippen LogP contribution in [0.15, 0.2) is 18.2 Å². The summed E-state index contributed by atoms with van der Waals surface area (Å²) in [6, 6.07) is 7.53. The van der Waals surface area contributed by atoms with E-state index < -0.39 is 6.10 Å². The van der Waals surface area contributed by atoms with Crippen LogP contribution in [-0.4, -0.2) is 18.6 Å². The van der Waals surface area contributed by atoms with Gasteiger partial charge in [0, 0.05) is 12.2 Å². The molecule has 1 aromatic rings. The number of benzene rings is 1. The highest BCUT2D eigenvalue weighted by Gasteiger charge is 2.23. The number of rotatable bonds is 3. The molecule has 88 valence electrons. The fourth-order valence-electron chi connectivity index (χ4n) is 1.58. The summed E-state index contributed by atoms with van der Waals surface area (Å²) in [4.78, 5) is 11.4. The van der Waals surface area contributed by atoms with Gasteiger partial charge in [-0.15, -0.1) is 0 Å². The van der Waals surface area contributed by atoms with E-state index in [2.05, 4.69) is 16.7 Å². The Bertz CT molecular complexity index is 479. The highest BCUT2D eigenvalue weighted by molar-refractivity contribution is 5.98. The molecule has 0 fully saturated rings. The maximum atomic E-state index is 11.4. The smallest absolute Gasteiger partial charge is 0.265 e. The van der Waals surface area contributed by atoms with Crippen LogP contribution in [0.3, 0.4) is 0 Å². The molecule has 1 aromatic carbocycles. The maximum absolute atomic E-state index is 11.4. The summed E-state index contributed by atoms with van der Waals surface area (Å²) in [5.41, 5.74) is 1.52. The van der Waals surface area contributed by atoms with E-state index in [1.54, 1.807) is 19.1 Å². The van der Waals surface area contributed by atoms with Gasteiger partial charge < -0.3 is 15.4 Å². The zero-order valence-electron chi connectivity index (χ0n) is 9.49. The van der Waals surface area contributed by atoms with Gasteiger partial charge in [0.05, 0.1) is 18.2 Å². The molecule has 2 rings (SSSR count). The lowest BCUT2D eigenvalue weighted by Gasteiger charge is -2.23. The van der Waals surface area contributed by atoms with Gasteiger partial charge in [-0.3, -0.25) is 4.79 Å². The van der Waals surface area contributed by atoms with Crippen molar-refractivity contribution in [3.63, 3.8) is 0 Å². The Labute approximate surface area is 99.4 Å². The van der Waals surface area contributed by atoms with Gasteiger partial charge >= 0.3 is 0 Å². The second-order valence-corrected chi connectivity index (χ2v) is 3.80. The lowest BCUT2D eigenvalue weighted by molar-refractivity contribution is -0.122. The third-order valence-electron chi connectivity index (χ3n) is 2.48. The van der Waals surface area contributed by atoms with Crippen molar-refractivity contribution < 1.29 is 9.53 Å². The molecule has 0 saturated carbocycles. The molecule has 5 nitrogen and oxygen atoms in total. The van der Waals surface area contributed by atoms with E-state index in [0.29, 0.717) is 24.4 Å². The predicted molar refractivity (Wildman–Crippen MR) is 63.9 cm³/mol. The van der Waals surface area contributed by atoms with Gasteiger partial charge in [0.15, 0.2) is 6.10 Å². The zero-order chi connectivity index (χ0) is 12.3. The molecule has 1 aliphatic heterocycles. The molecular formula is C12H13N3O2. The lowest BCUT2D eigenvalue weighted by Crippen LogP contribution is -2.34. The summed E-state index contributed by atoms with van der Waals surface area (Å²) in [5, 5.41) is 14.3. The van der Waals surface area contributed by atoms with Gasteiger partial charge in [0.2, 0.25) is 0 Å². The minimum absolute atomic E-state index is 0.147. The maximum Gasteiger partial charge on any atom is 0.265 e. The molecule has 0 bridgehead atoms. The quantitative estimate of drug-likeness (QED) is 0.777. The number of nitriles is 1. The first-order chi connectivity index (χ1) is 8.20. The SMILES string of the molecule is CC1Oc2ccc(NCCC#N)cc2NC1=O. The average molecular weight is 231 g/mol. The number of amides is 1. The molecule has 1 amide bonds. The first kappa shape index (κ1) is 11.3. The molecule has 0 spiro atoms. The fourth-order valence-corrected chi connectivity index (χ4v) is 1.58. The number of nitrogens with zero attached hydrogens (tertiary/aromatic N) is 1. The second kappa shape index (κ2) is 4.74. The summed E-state index contributed by atoms with van der Waals surface area (Å²) < 4.78 is 5.43. The zero-order valence-corrected chi connectivity index (χ0v) is 9.49.